The Labute approximate surface area is 212 Å². The van der Waals surface area contributed by atoms with Crippen LogP contribution in [-0.2, 0) is 14.4 Å². The van der Waals surface area contributed by atoms with E-state index in [9.17, 15) is 14.4 Å². The van der Waals surface area contributed by atoms with Crippen molar-refractivity contribution in [3.8, 4) is 0 Å². The quantitative estimate of drug-likeness (QED) is 0.408. The van der Waals surface area contributed by atoms with E-state index in [-0.39, 0.29) is 56.2 Å². The summed E-state index contributed by atoms with van der Waals surface area (Å²) in [7, 11) is 0. The third kappa shape index (κ3) is 15.0. The standard InChI is InChI=1S/3C5H8OS2.Nd/c3*6-5(7)3-4-1-2-8-4;/h3*4H,1-3H2,(H,6,7);/q;;;+3. The minimum atomic E-state index is 0. The van der Waals surface area contributed by atoms with Gasteiger partial charge in [0.2, 0.25) is 0 Å². The van der Waals surface area contributed by atoms with Gasteiger partial charge in [-0.1, -0.05) is 0 Å². The van der Waals surface area contributed by atoms with E-state index in [2.05, 4.69) is 37.9 Å². The van der Waals surface area contributed by atoms with E-state index in [0.29, 0.717) is 35.0 Å². The van der Waals surface area contributed by atoms with Crippen molar-refractivity contribution in [2.24, 2.45) is 0 Å². The maximum Gasteiger partial charge on any atom is 3.00 e. The van der Waals surface area contributed by atoms with Gasteiger partial charge in [0.15, 0.2) is 15.3 Å². The number of thioether (sulfide) groups is 3. The molecule has 3 fully saturated rings. The Balaban J connectivity index is 0.000000339. The van der Waals surface area contributed by atoms with Gasteiger partial charge in [0.25, 0.3) is 0 Å². The first-order chi connectivity index (χ1) is 11.4. The molecule has 3 unspecified atom stereocenters. The molecule has 3 aliphatic heterocycles. The van der Waals surface area contributed by atoms with E-state index in [1.165, 1.54) is 36.5 Å². The van der Waals surface area contributed by atoms with Crippen molar-refractivity contribution in [2.75, 3.05) is 17.3 Å². The summed E-state index contributed by atoms with van der Waals surface area (Å²) >= 11 is 16.6. The van der Waals surface area contributed by atoms with Crippen LogP contribution in [0, 0.1) is 40.8 Å². The Kier molecular flexibility index (Phi) is 17.9. The summed E-state index contributed by atoms with van der Waals surface area (Å²) in [5, 5.41) is 1.88. The van der Waals surface area contributed by atoms with Crippen molar-refractivity contribution in [3.63, 3.8) is 0 Å². The molecule has 3 nitrogen and oxygen atoms in total. The first kappa shape index (κ1) is 27.5. The van der Waals surface area contributed by atoms with Crippen LogP contribution in [0.15, 0.2) is 0 Å². The zero-order valence-corrected chi connectivity index (χ0v) is 22.2. The van der Waals surface area contributed by atoms with E-state index in [1.54, 1.807) is 0 Å². The van der Waals surface area contributed by atoms with E-state index in [1.807, 2.05) is 35.3 Å². The van der Waals surface area contributed by atoms with E-state index in [0.717, 1.165) is 0 Å². The van der Waals surface area contributed by atoms with Crippen LogP contribution in [0.4, 0.5) is 0 Å². The third-order valence-corrected chi connectivity index (χ3v) is 8.17. The summed E-state index contributed by atoms with van der Waals surface area (Å²) < 4.78 is 0. The van der Waals surface area contributed by atoms with Gasteiger partial charge >= 0.3 is 40.8 Å². The van der Waals surface area contributed by atoms with Gasteiger partial charge in [0.05, 0.1) is 0 Å². The van der Waals surface area contributed by atoms with Gasteiger partial charge in [-0.15, -0.1) is 37.9 Å². The second-order valence-corrected chi connectivity index (χ2v) is 11.4. The summed E-state index contributed by atoms with van der Waals surface area (Å²) in [6.07, 6.45) is 5.60. The van der Waals surface area contributed by atoms with Gasteiger partial charge in [-0.05, 0) is 36.5 Å². The Morgan fingerprint density at radius 1 is 0.640 bits per heavy atom. The fraction of sp³-hybridized carbons (Fsp3) is 0.800. The van der Waals surface area contributed by atoms with Crippen molar-refractivity contribution in [3.05, 3.63) is 0 Å². The normalized spacial score (nSPS) is 25.8. The molecule has 0 amide bonds. The smallest absolute Gasteiger partial charge is 0.287 e. The molecular weight excluding hydrogens is 565 g/mol. The molecule has 3 heterocycles. The average molecular weight is 589 g/mol. The average Bonchev–Trinajstić information content (AvgIpc) is 2.35. The maximum atomic E-state index is 10.3. The molecule has 10 heteroatoms. The minimum absolute atomic E-state index is 0. The molecule has 3 saturated heterocycles. The number of hydrogen-bond acceptors (Lipinski definition) is 6. The van der Waals surface area contributed by atoms with Crippen LogP contribution < -0.4 is 0 Å². The molecule has 0 aromatic rings. The molecule has 0 spiro atoms. The van der Waals surface area contributed by atoms with E-state index >= 15 is 0 Å². The van der Waals surface area contributed by atoms with Gasteiger partial charge in [0, 0.05) is 35.0 Å². The largest absolute Gasteiger partial charge is 3.00 e. The monoisotopic (exact) mass is 586 g/mol. The summed E-state index contributed by atoms with van der Waals surface area (Å²) in [5.74, 6) is 3.68. The Bertz CT molecular complexity index is 364. The van der Waals surface area contributed by atoms with Crippen molar-refractivity contribution >= 4 is 88.5 Å². The molecule has 0 aromatic heterocycles. The third-order valence-electron chi connectivity index (χ3n) is 3.59. The molecule has 139 valence electrons. The molecule has 0 bridgehead atoms. The fourth-order valence-corrected chi connectivity index (χ4v) is 5.47. The van der Waals surface area contributed by atoms with Crippen LogP contribution in [0.2, 0.25) is 0 Å². The van der Waals surface area contributed by atoms with Gasteiger partial charge in [0.1, 0.15) is 0 Å². The number of carbonyl (C=O) groups is 3. The summed E-state index contributed by atoms with van der Waals surface area (Å²) in [5.41, 5.74) is 0. The van der Waals surface area contributed by atoms with Crippen LogP contribution in [0.25, 0.3) is 0 Å². The van der Waals surface area contributed by atoms with E-state index < -0.39 is 0 Å². The van der Waals surface area contributed by atoms with Crippen molar-refractivity contribution in [2.45, 2.75) is 54.3 Å². The van der Waals surface area contributed by atoms with Gasteiger partial charge in [-0.3, -0.25) is 14.4 Å². The summed E-state index contributed by atoms with van der Waals surface area (Å²) in [6.45, 7) is 0. The van der Waals surface area contributed by atoms with Crippen LogP contribution in [0.1, 0.15) is 38.5 Å². The van der Waals surface area contributed by atoms with Crippen LogP contribution in [0.5, 0.6) is 0 Å². The molecule has 3 aliphatic rings. The number of rotatable bonds is 6. The molecule has 1 radical (unpaired) electrons. The number of hydrogen-bond donors (Lipinski definition) is 3. The molecule has 3 atom stereocenters. The topological polar surface area (TPSA) is 51.2 Å². The number of carbonyl (C=O) groups excluding carboxylic acids is 3. The minimum Gasteiger partial charge on any atom is -0.287 e. The second-order valence-electron chi connectivity index (χ2n) is 5.64. The fourth-order valence-electron chi connectivity index (χ4n) is 1.92. The molecule has 0 saturated carbocycles. The summed E-state index contributed by atoms with van der Waals surface area (Å²) in [4.78, 5) is 30.9. The zero-order valence-electron chi connectivity index (χ0n) is 13.9. The van der Waals surface area contributed by atoms with Crippen LogP contribution >= 0.6 is 73.2 Å². The van der Waals surface area contributed by atoms with Crippen molar-refractivity contribution < 1.29 is 55.2 Å². The Morgan fingerprint density at radius 3 is 0.880 bits per heavy atom. The number of thiol groups is 3. The SMILES string of the molecule is O=C(S)CC1CCS1.O=C(S)CC1CCS1.O=C(S)CC1CCS1.[Nd+3]. The zero-order chi connectivity index (χ0) is 17.9. The van der Waals surface area contributed by atoms with E-state index in [4.69, 9.17) is 0 Å². The predicted octanol–water partition coefficient (Wildman–Crippen LogP) is 4.02. The van der Waals surface area contributed by atoms with Crippen LogP contribution in [0.3, 0.4) is 0 Å². The Hall–Kier alpha value is 2.46. The molecular formula is C15H24NdO3S6+3. The molecule has 0 N–H and O–H groups in total. The first-order valence-corrected chi connectivity index (χ1v) is 12.4. The molecule has 25 heavy (non-hydrogen) atoms. The van der Waals surface area contributed by atoms with Crippen molar-refractivity contribution in [1.29, 1.82) is 0 Å². The second kappa shape index (κ2) is 16.3. The predicted molar refractivity (Wildman–Crippen MR) is 118 cm³/mol. The molecule has 0 aromatic carbocycles. The maximum absolute atomic E-state index is 10.3. The van der Waals surface area contributed by atoms with Crippen molar-refractivity contribution in [1.82, 2.24) is 0 Å². The van der Waals surface area contributed by atoms with Gasteiger partial charge in [-0.2, -0.15) is 35.3 Å². The molecule has 0 aliphatic carbocycles. The van der Waals surface area contributed by atoms with Gasteiger partial charge < -0.3 is 0 Å². The van der Waals surface area contributed by atoms with Gasteiger partial charge in [-0.25, -0.2) is 0 Å². The Morgan fingerprint density at radius 2 is 0.840 bits per heavy atom. The van der Waals surface area contributed by atoms with Crippen LogP contribution in [-0.4, -0.2) is 48.4 Å². The first-order valence-electron chi connectivity index (χ1n) is 7.87. The summed E-state index contributed by atoms with van der Waals surface area (Å²) in [6, 6.07) is 0. The molecule has 3 rings (SSSR count).